The number of benzene rings is 4. The summed E-state index contributed by atoms with van der Waals surface area (Å²) in [6.45, 7) is 0. The largest absolute Gasteiger partial charge is 0.507 e. The molecule has 1 N–H and O–H groups in total. The molecule has 0 aliphatic carbocycles. The van der Waals surface area contributed by atoms with Crippen molar-refractivity contribution in [2.24, 2.45) is 0 Å². The maximum absolute atomic E-state index is 12.0. The number of phenolic OH excluding ortho intramolecular Hbond substituents is 1. The average Bonchev–Trinajstić information content (AvgIpc) is 2.88. The summed E-state index contributed by atoms with van der Waals surface area (Å²) in [4.78, 5) is 26.1. The van der Waals surface area contributed by atoms with Crippen LogP contribution in [0.4, 0.5) is 0 Å². The summed E-state index contributed by atoms with van der Waals surface area (Å²) in [5.41, 5.74) is 2.57. The highest BCUT2D eigenvalue weighted by molar-refractivity contribution is 6.02. The van der Waals surface area contributed by atoms with E-state index in [0.717, 1.165) is 16.5 Å². The predicted molar refractivity (Wildman–Crippen MR) is 127 cm³/mol. The van der Waals surface area contributed by atoms with E-state index in [2.05, 4.69) is 0 Å². The number of aromatic nitrogens is 3. The second-order valence-electron chi connectivity index (χ2n) is 7.43. The maximum Gasteiger partial charge on any atom is 0.337 e. The van der Waals surface area contributed by atoms with Gasteiger partial charge >= 0.3 is 5.97 Å². The first kappa shape index (κ1) is 20.3. The van der Waals surface area contributed by atoms with Gasteiger partial charge in [0.05, 0.1) is 18.2 Å². The molecule has 0 bridgehead atoms. The smallest absolute Gasteiger partial charge is 0.337 e. The van der Waals surface area contributed by atoms with Gasteiger partial charge in [-0.05, 0) is 29.0 Å². The zero-order valence-corrected chi connectivity index (χ0v) is 17.8. The minimum absolute atomic E-state index is 0.0394. The van der Waals surface area contributed by atoms with Gasteiger partial charge < -0.3 is 9.84 Å². The van der Waals surface area contributed by atoms with E-state index in [1.165, 1.54) is 7.11 Å². The monoisotopic (exact) mass is 433 g/mol. The van der Waals surface area contributed by atoms with Gasteiger partial charge in [-0.25, -0.2) is 19.7 Å². The third kappa shape index (κ3) is 3.90. The van der Waals surface area contributed by atoms with E-state index in [9.17, 15) is 9.90 Å². The first-order chi connectivity index (χ1) is 16.1. The van der Waals surface area contributed by atoms with Crippen LogP contribution < -0.4 is 0 Å². The Morgan fingerprint density at radius 1 is 0.727 bits per heavy atom. The summed E-state index contributed by atoms with van der Waals surface area (Å²) in [5, 5.41) is 12.3. The molecule has 0 aliphatic heterocycles. The van der Waals surface area contributed by atoms with Crippen molar-refractivity contribution < 1.29 is 14.6 Å². The van der Waals surface area contributed by atoms with Crippen LogP contribution >= 0.6 is 0 Å². The fourth-order valence-electron chi connectivity index (χ4n) is 3.72. The molecule has 0 saturated heterocycles. The van der Waals surface area contributed by atoms with Crippen molar-refractivity contribution in [1.29, 1.82) is 0 Å². The number of hydrogen-bond donors (Lipinski definition) is 1. The molecule has 0 unspecified atom stereocenters. The van der Waals surface area contributed by atoms with Crippen molar-refractivity contribution in [3.8, 4) is 39.9 Å². The molecule has 0 spiro atoms. The zero-order valence-electron chi connectivity index (χ0n) is 17.8. The summed E-state index contributed by atoms with van der Waals surface area (Å²) in [5.74, 6) is 0.961. The molecule has 1 aromatic heterocycles. The molecule has 0 saturated carbocycles. The quantitative estimate of drug-likeness (QED) is 0.376. The minimum Gasteiger partial charge on any atom is -0.507 e. The Labute approximate surface area is 190 Å². The summed E-state index contributed by atoms with van der Waals surface area (Å²) >= 11 is 0. The Bertz CT molecular complexity index is 1410. The van der Waals surface area contributed by atoms with Crippen molar-refractivity contribution in [1.82, 2.24) is 15.0 Å². The van der Waals surface area contributed by atoms with Gasteiger partial charge in [0.15, 0.2) is 17.5 Å². The number of aromatic hydroxyl groups is 1. The minimum atomic E-state index is -0.426. The number of ether oxygens (including phenoxy) is 1. The van der Waals surface area contributed by atoms with Crippen LogP contribution in [0.15, 0.2) is 91.0 Å². The van der Waals surface area contributed by atoms with Crippen LogP contribution in [0, 0.1) is 0 Å². The van der Waals surface area contributed by atoms with E-state index in [1.54, 1.807) is 30.3 Å². The second kappa shape index (κ2) is 8.51. The third-order valence-electron chi connectivity index (χ3n) is 5.34. The van der Waals surface area contributed by atoms with Gasteiger partial charge in [-0.3, -0.25) is 0 Å². The summed E-state index contributed by atoms with van der Waals surface area (Å²) < 4.78 is 4.83. The number of hydrogen-bond acceptors (Lipinski definition) is 6. The Hall–Kier alpha value is -4.58. The van der Waals surface area contributed by atoms with Crippen molar-refractivity contribution >= 4 is 16.7 Å². The number of phenols is 1. The maximum atomic E-state index is 12.0. The van der Waals surface area contributed by atoms with Gasteiger partial charge in [-0.1, -0.05) is 72.8 Å². The number of carbonyl (C=O) groups excluding carboxylic acids is 1. The first-order valence-electron chi connectivity index (χ1n) is 10.4. The molecule has 4 aromatic carbocycles. The van der Waals surface area contributed by atoms with E-state index in [1.807, 2.05) is 60.7 Å². The van der Waals surface area contributed by atoms with E-state index in [4.69, 9.17) is 19.7 Å². The lowest BCUT2D eigenvalue weighted by Gasteiger charge is -2.12. The summed E-state index contributed by atoms with van der Waals surface area (Å²) in [6, 6.07) is 27.7. The fourth-order valence-corrected chi connectivity index (χ4v) is 3.72. The first-order valence-corrected chi connectivity index (χ1v) is 10.4. The highest BCUT2D eigenvalue weighted by atomic mass is 16.5. The van der Waals surface area contributed by atoms with Crippen LogP contribution in [0.5, 0.6) is 5.75 Å². The summed E-state index contributed by atoms with van der Waals surface area (Å²) in [7, 11) is 1.34. The number of carbonyl (C=O) groups is 1. The van der Waals surface area contributed by atoms with Crippen LogP contribution in [0.2, 0.25) is 0 Å². The summed E-state index contributed by atoms with van der Waals surface area (Å²) in [6.07, 6.45) is 0. The van der Waals surface area contributed by atoms with Gasteiger partial charge in [-0.15, -0.1) is 0 Å². The van der Waals surface area contributed by atoms with Crippen molar-refractivity contribution in [3.05, 3.63) is 96.6 Å². The van der Waals surface area contributed by atoms with Gasteiger partial charge in [0, 0.05) is 11.1 Å². The molecule has 33 heavy (non-hydrogen) atoms. The molecule has 160 valence electrons. The topological polar surface area (TPSA) is 85.2 Å². The van der Waals surface area contributed by atoms with E-state index in [-0.39, 0.29) is 5.75 Å². The average molecular weight is 433 g/mol. The molecular weight excluding hydrogens is 414 g/mol. The Morgan fingerprint density at radius 2 is 1.30 bits per heavy atom. The van der Waals surface area contributed by atoms with Crippen LogP contribution in [0.1, 0.15) is 10.4 Å². The zero-order chi connectivity index (χ0) is 22.8. The SMILES string of the molecule is COC(=O)c1ccc2c(-c3nc(-c4ccccc4)nc(-c4ccccc4)n3)c(O)ccc2c1. The van der Waals surface area contributed by atoms with Gasteiger partial charge in [0.1, 0.15) is 5.75 Å². The van der Waals surface area contributed by atoms with Crippen LogP contribution in [0.3, 0.4) is 0 Å². The highest BCUT2D eigenvalue weighted by Gasteiger charge is 2.18. The van der Waals surface area contributed by atoms with Crippen LogP contribution in [-0.2, 0) is 4.74 Å². The van der Waals surface area contributed by atoms with Crippen molar-refractivity contribution in [2.45, 2.75) is 0 Å². The van der Waals surface area contributed by atoms with Crippen LogP contribution in [-0.4, -0.2) is 33.1 Å². The van der Waals surface area contributed by atoms with E-state index >= 15 is 0 Å². The molecule has 1 heterocycles. The Balaban J connectivity index is 1.76. The lowest BCUT2D eigenvalue weighted by molar-refractivity contribution is 0.0601. The standard InChI is InChI=1S/C27H19N3O3/c1-33-27(32)20-12-14-21-19(16-20)13-15-22(31)23(21)26-29-24(17-8-4-2-5-9-17)28-25(30-26)18-10-6-3-7-11-18/h2-16,31H,1H3. The number of nitrogens with zero attached hydrogens (tertiary/aromatic N) is 3. The fraction of sp³-hybridized carbons (Fsp3) is 0.0370. The molecule has 5 aromatic rings. The van der Waals surface area contributed by atoms with Gasteiger partial charge in [0.2, 0.25) is 0 Å². The second-order valence-corrected chi connectivity index (χ2v) is 7.43. The molecule has 0 radical (unpaired) electrons. The number of rotatable bonds is 4. The van der Waals surface area contributed by atoms with Crippen molar-refractivity contribution in [3.63, 3.8) is 0 Å². The van der Waals surface area contributed by atoms with Crippen LogP contribution in [0.25, 0.3) is 44.9 Å². The number of esters is 1. The molecule has 5 rings (SSSR count). The number of fused-ring (bicyclic) bond motifs is 1. The molecule has 0 atom stereocenters. The van der Waals surface area contributed by atoms with Gasteiger partial charge in [0.25, 0.3) is 0 Å². The van der Waals surface area contributed by atoms with E-state index in [0.29, 0.717) is 34.0 Å². The number of methoxy groups -OCH3 is 1. The molecular formula is C27H19N3O3. The van der Waals surface area contributed by atoms with E-state index < -0.39 is 5.97 Å². The Kier molecular flexibility index (Phi) is 5.24. The highest BCUT2D eigenvalue weighted by Crippen LogP contribution is 2.36. The molecule has 6 nitrogen and oxygen atoms in total. The van der Waals surface area contributed by atoms with Crippen molar-refractivity contribution in [2.75, 3.05) is 7.11 Å². The third-order valence-corrected chi connectivity index (χ3v) is 5.34. The predicted octanol–water partition coefficient (Wildman–Crippen LogP) is 5.52. The lowest BCUT2D eigenvalue weighted by atomic mass is 10.0. The molecule has 6 heteroatoms. The Morgan fingerprint density at radius 3 is 1.88 bits per heavy atom. The van der Waals surface area contributed by atoms with Gasteiger partial charge in [-0.2, -0.15) is 0 Å². The lowest BCUT2D eigenvalue weighted by Crippen LogP contribution is -2.02. The molecule has 0 aliphatic rings. The normalized spacial score (nSPS) is 10.8. The molecule has 0 fully saturated rings. The molecule has 0 amide bonds.